The van der Waals surface area contributed by atoms with E-state index in [0.717, 1.165) is 0 Å². The van der Waals surface area contributed by atoms with Gasteiger partial charge in [0.1, 0.15) is 0 Å². The Hall–Kier alpha value is 0.540. The predicted octanol–water partition coefficient (Wildman–Crippen LogP) is 3.29. The number of thiol groups is 2. The molecule has 0 aromatic heterocycles. The van der Waals surface area contributed by atoms with Gasteiger partial charge in [-0.25, -0.2) is 4.79 Å². The molecule has 0 saturated heterocycles. The third kappa shape index (κ3) is 40.2. The van der Waals surface area contributed by atoms with Gasteiger partial charge < -0.3 is 5.11 Å². The number of halogens is 5. The van der Waals surface area contributed by atoms with Crippen LogP contribution in [0, 0.1) is 0 Å². The maximum Gasteiger partial charge on any atom is 0.490 e. The standard InChI is InChI=1S/C2H4Cl2.C2HF3O2.C2H6S2/c3-1-2-4;3-2(4,5)1(6)7;1-2(3)4/h1-2H2;(H,6,7);2-4H,1H3. The maximum atomic E-state index is 10.6. The van der Waals surface area contributed by atoms with Crippen LogP contribution in [-0.2, 0) is 4.79 Å². The molecular formula is C6H11Cl2F3O2S2. The minimum atomic E-state index is -5.08. The van der Waals surface area contributed by atoms with E-state index in [-0.39, 0.29) is 4.58 Å². The van der Waals surface area contributed by atoms with Crippen LogP contribution in [-0.4, -0.2) is 33.6 Å². The van der Waals surface area contributed by atoms with Gasteiger partial charge in [0.15, 0.2) is 0 Å². The topological polar surface area (TPSA) is 37.3 Å². The summed E-state index contributed by atoms with van der Waals surface area (Å²) >= 11 is 17.8. The number of carboxylic acid groups (broad SMARTS) is 1. The summed E-state index contributed by atoms with van der Waals surface area (Å²) in [6.07, 6.45) is -5.08. The Morgan fingerprint density at radius 2 is 1.47 bits per heavy atom. The van der Waals surface area contributed by atoms with E-state index in [0.29, 0.717) is 11.8 Å². The highest BCUT2D eigenvalue weighted by Gasteiger charge is 2.38. The zero-order valence-corrected chi connectivity index (χ0v) is 10.9. The summed E-state index contributed by atoms with van der Waals surface area (Å²) in [5, 5.41) is 7.12. The molecule has 0 aromatic rings. The van der Waals surface area contributed by atoms with Crippen molar-refractivity contribution < 1.29 is 23.1 Å². The van der Waals surface area contributed by atoms with E-state index < -0.39 is 12.1 Å². The van der Waals surface area contributed by atoms with Crippen molar-refractivity contribution in [2.45, 2.75) is 17.7 Å². The summed E-state index contributed by atoms with van der Waals surface area (Å²) in [5.74, 6) is -1.64. The Morgan fingerprint density at radius 1 is 1.33 bits per heavy atom. The third-order valence-corrected chi connectivity index (χ3v) is 0.885. The lowest BCUT2D eigenvalue weighted by atomic mass is 10.7. The quantitative estimate of drug-likeness (QED) is 0.395. The van der Waals surface area contributed by atoms with Crippen molar-refractivity contribution in [2.24, 2.45) is 0 Å². The number of rotatable bonds is 1. The molecule has 0 atom stereocenters. The molecule has 94 valence electrons. The van der Waals surface area contributed by atoms with Crippen LogP contribution in [0.5, 0.6) is 0 Å². The second-order valence-electron chi connectivity index (χ2n) is 1.81. The summed E-state index contributed by atoms with van der Waals surface area (Å²) in [6, 6.07) is 0. The van der Waals surface area contributed by atoms with Gasteiger partial charge in [-0.3, -0.25) is 0 Å². The van der Waals surface area contributed by atoms with Crippen molar-refractivity contribution in [1.82, 2.24) is 0 Å². The maximum absolute atomic E-state index is 10.6. The van der Waals surface area contributed by atoms with Gasteiger partial charge in [-0.2, -0.15) is 38.4 Å². The first-order valence-electron chi connectivity index (χ1n) is 3.37. The first-order chi connectivity index (χ1) is 6.59. The average Bonchev–Trinajstić information content (AvgIpc) is 2.02. The van der Waals surface area contributed by atoms with Crippen molar-refractivity contribution in [3.05, 3.63) is 0 Å². The number of alkyl halides is 5. The van der Waals surface area contributed by atoms with Crippen molar-refractivity contribution in [1.29, 1.82) is 0 Å². The smallest absolute Gasteiger partial charge is 0.475 e. The Kier molecular flexibility index (Phi) is 17.6. The van der Waals surface area contributed by atoms with Gasteiger partial charge in [-0.15, -0.1) is 23.2 Å². The van der Waals surface area contributed by atoms with Gasteiger partial charge in [0.2, 0.25) is 0 Å². The zero-order valence-electron chi connectivity index (χ0n) is 7.63. The summed E-state index contributed by atoms with van der Waals surface area (Å²) < 4.78 is 32.0. The SMILES string of the molecule is CC(S)S.ClCCCl.O=C(O)C(F)(F)F. The monoisotopic (exact) mass is 306 g/mol. The fraction of sp³-hybridized carbons (Fsp3) is 0.833. The van der Waals surface area contributed by atoms with Crippen molar-refractivity contribution in [3.8, 4) is 0 Å². The van der Waals surface area contributed by atoms with E-state index in [9.17, 15) is 13.2 Å². The normalized spacial score (nSPS) is 9.67. The van der Waals surface area contributed by atoms with Crippen LogP contribution in [0.2, 0.25) is 0 Å². The number of carbonyl (C=O) groups is 1. The van der Waals surface area contributed by atoms with Crippen molar-refractivity contribution >= 4 is 54.4 Å². The van der Waals surface area contributed by atoms with E-state index >= 15 is 0 Å². The highest BCUT2D eigenvalue weighted by atomic mass is 35.5. The van der Waals surface area contributed by atoms with Crippen LogP contribution in [0.1, 0.15) is 6.92 Å². The van der Waals surface area contributed by atoms with E-state index in [4.69, 9.17) is 33.1 Å². The number of carboxylic acids is 1. The largest absolute Gasteiger partial charge is 0.490 e. The number of hydrogen-bond acceptors (Lipinski definition) is 3. The summed E-state index contributed by atoms with van der Waals surface area (Å²) in [6.45, 7) is 1.90. The van der Waals surface area contributed by atoms with E-state index in [2.05, 4.69) is 25.3 Å². The number of hydrogen-bond donors (Lipinski definition) is 3. The molecule has 0 aliphatic heterocycles. The fourth-order valence-corrected chi connectivity index (χ4v) is 0. The van der Waals surface area contributed by atoms with E-state index in [1.165, 1.54) is 0 Å². The second kappa shape index (κ2) is 12.6. The molecule has 0 aliphatic rings. The lowest BCUT2D eigenvalue weighted by Crippen LogP contribution is -2.21. The number of aliphatic carboxylic acids is 1. The van der Waals surface area contributed by atoms with Gasteiger partial charge >= 0.3 is 12.1 Å². The zero-order chi connectivity index (χ0) is 13.1. The molecule has 1 N–H and O–H groups in total. The van der Waals surface area contributed by atoms with Crippen LogP contribution in [0.3, 0.4) is 0 Å². The summed E-state index contributed by atoms with van der Waals surface area (Å²) in [4.78, 5) is 8.90. The molecule has 9 heteroatoms. The van der Waals surface area contributed by atoms with Crippen molar-refractivity contribution in [2.75, 3.05) is 11.8 Å². The lowest BCUT2D eigenvalue weighted by molar-refractivity contribution is -0.192. The van der Waals surface area contributed by atoms with Gasteiger partial charge in [0.25, 0.3) is 0 Å². The molecule has 0 radical (unpaired) electrons. The first kappa shape index (κ1) is 20.9. The molecule has 0 amide bonds. The van der Waals surface area contributed by atoms with E-state index in [1.54, 1.807) is 0 Å². The van der Waals surface area contributed by atoms with Crippen LogP contribution in [0.4, 0.5) is 13.2 Å². The fourth-order valence-electron chi connectivity index (χ4n) is 0. The van der Waals surface area contributed by atoms with Crippen molar-refractivity contribution in [3.63, 3.8) is 0 Å². The molecule has 0 heterocycles. The Morgan fingerprint density at radius 3 is 1.47 bits per heavy atom. The minimum Gasteiger partial charge on any atom is -0.475 e. The van der Waals surface area contributed by atoms with Gasteiger partial charge in [-0.1, -0.05) is 0 Å². The average molecular weight is 307 g/mol. The Bertz CT molecular complexity index is 151. The molecule has 15 heavy (non-hydrogen) atoms. The van der Waals surface area contributed by atoms with Crippen LogP contribution >= 0.6 is 48.5 Å². The van der Waals surface area contributed by atoms with Crippen LogP contribution < -0.4 is 0 Å². The molecular weight excluding hydrogens is 296 g/mol. The first-order valence-corrected chi connectivity index (χ1v) is 5.47. The Labute approximate surface area is 107 Å². The minimum absolute atomic E-state index is 0.222. The molecule has 0 saturated carbocycles. The molecule has 0 rings (SSSR count). The molecule has 0 bridgehead atoms. The van der Waals surface area contributed by atoms with Gasteiger partial charge in [0.05, 0.1) is 0 Å². The highest BCUT2D eigenvalue weighted by molar-refractivity contribution is 7.99. The van der Waals surface area contributed by atoms with E-state index in [1.807, 2.05) is 6.92 Å². The molecule has 0 fully saturated rings. The summed E-state index contributed by atoms with van der Waals surface area (Å²) in [7, 11) is 0. The highest BCUT2D eigenvalue weighted by Crippen LogP contribution is 2.13. The molecule has 0 unspecified atom stereocenters. The van der Waals surface area contributed by atoms with Gasteiger partial charge in [-0.05, 0) is 6.92 Å². The predicted molar refractivity (Wildman–Crippen MR) is 62.6 cm³/mol. The molecule has 0 spiro atoms. The van der Waals surface area contributed by atoms with Crippen LogP contribution in [0.15, 0.2) is 0 Å². The van der Waals surface area contributed by atoms with Gasteiger partial charge in [0, 0.05) is 16.3 Å². The summed E-state index contributed by atoms with van der Waals surface area (Å²) in [5.41, 5.74) is 0. The molecule has 0 aromatic carbocycles. The Balaban J connectivity index is -0.000000155. The molecule has 0 aliphatic carbocycles. The molecule has 2 nitrogen and oxygen atoms in total. The second-order valence-corrected chi connectivity index (χ2v) is 4.53. The van der Waals surface area contributed by atoms with Crippen LogP contribution in [0.25, 0.3) is 0 Å². The lowest BCUT2D eigenvalue weighted by Gasteiger charge is -1.93. The third-order valence-electron chi connectivity index (χ3n) is 0.314.